The van der Waals surface area contributed by atoms with Crippen molar-refractivity contribution in [1.82, 2.24) is 5.01 Å². The standard InChI is InChI=1S/C22H17N3O4/c26-21-12-5-4-11-18(21)20-14-19(15-7-2-1-3-8-15)23-24(20)22(27)16-9-6-10-17(13-16)25(28)29/h1-13,20,26H,14H2/t20-/m1/s1. The third-order valence-corrected chi connectivity index (χ3v) is 4.83. The zero-order valence-corrected chi connectivity index (χ0v) is 15.3. The topological polar surface area (TPSA) is 96.0 Å². The Balaban J connectivity index is 1.76. The van der Waals surface area contributed by atoms with Crippen molar-refractivity contribution in [2.24, 2.45) is 5.10 Å². The number of amides is 1. The van der Waals surface area contributed by atoms with Gasteiger partial charge in [0.2, 0.25) is 0 Å². The normalized spacial score (nSPS) is 15.8. The Morgan fingerprint density at radius 3 is 2.48 bits per heavy atom. The average molecular weight is 387 g/mol. The van der Waals surface area contributed by atoms with Crippen LogP contribution in [0, 0.1) is 10.1 Å². The van der Waals surface area contributed by atoms with E-state index in [1.54, 1.807) is 24.3 Å². The number of phenolic OH excluding ortho intramolecular Hbond substituents is 1. The summed E-state index contributed by atoms with van der Waals surface area (Å²) in [6, 6.07) is 21.3. The van der Waals surface area contributed by atoms with Gasteiger partial charge >= 0.3 is 0 Å². The van der Waals surface area contributed by atoms with Gasteiger partial charge in [0.05, 0.1) is 16.7 Å². The van der Waals surface area contributed by atoms with E-state index in [-0.39, 0.29) is 17.0 Å². The van der Waals surface area contributed by atoms with E-state index in [1.165, 1.54) is 29.3 Å². The summed E-state index contributed by atoms with van der Waals surface area (Å²) in [5.74, 6) is -0.397. The highest BCUT2D eigenvalue weighted by molar-refractivity contribution is 6.05. The lowest BCUT2D eigenvalue weighted by Crippen LogP contribution is -2.27. The minimum Gasteiger partial charge on any atom is -0.508 e. The van der Waals surface area contributed by atoms with Crippen LogP contribution in [0.3, 0.4) is 0 Å². The van der Waals surface area contributed by atoms with Gasteiger partial charge in [-0.1, -0.05) is 54.6 Å². The second-order valence-corrected chi connectivity index (χ2v) is 6.65. The van der Waals surface area contributed by atoms with E-state index in [1.807, 2.05) is 30.3 Å². The first-order valence-electron chi connectivity index (χ1n) is 9.03. The molecule has 1 heterocycles. The molecule has 0 unspecified atom stereocenters. The monoisotopic (exact) mass is 387 g/mol. The molecule has 1 amide bonds. The number of nitrogens with zero attached hydrogens (tertiary/aromatic N) is 3. The largest absolute Gasteiger partial charge is 0.508 e. The number of hydrogen-bond acceptors (Lipinski definition) is 5. The molecule has 1 aliphatic rings. The molecule has 29 heavy (non-hydrogen) atoms. The van der Waals surface area contributed by atoms with Crippen molar-refractivity contribution in [2.45, 2.75) is 12.5 Å². The van der Waals surface area contributed by atoms with E-state index in [0.29, 0.717) is 17.7 Å². The molecular weight excluding hydrogens is 370 g/mol. The van der Waals surface area contributed by atoms with Gasteiger partial charge in [0.25, 0.3) is 11.6 Å². The van der Waals surface area contributed by atoms with Gasteiger partial charge in [0, 0.05) is 29.7 Å². The Labute approximate surface area is 166 Å². The highest BCUT2D eigenvalue weighted by atomic mass is 16.6. The molecule has 3 aromatic rings. The van der Waals surface area contributed by atoms with Crippen molar-refractivity contribution in [1.29, 1.82) is 0 Å². The van der Waals surface area contributed by atoms with Gasteiger partial charge in [-0.2, -0.15) is 5.10 Å². The van der Waals surface area contributed by atoms with E-state index >= 15 is 0 Å². The molecule has 4 rings (SSSR count). The molecule has 0 saturated carbocycles. The quantitative estimate of drug-likeness (QED) is 0.533. The zero-order chi connectivity index (χ0) is 20.4. The number of para-hydroxylation sites is 1. The predicted octanol–water partition coefficient (Wildman–Crippen LogP) is 4.29. The molecule has 0 aliphatic carbocycles. The molecule has 0 spiro atoms. The van der Waals surface area contributed by atoms with Crippen LogP contribution in [0.25, 0.3) is 0 Å². The van der Waals surface area contributed by atoms with Gasteiger partial charge in [0.1, 0.15) is 5.75 Å². The number of nitro groups is 1. The Morgan fingerprint density at radius 1 is 1.03 bits per heavy atom. The molecule has 1 N–H and O–H groups in total. The van der Waals surface area contributed by atoms with Crippen LogP contribution in [0.15, 0.2) is 84.0 Å². The SMILES string of the molecule is O=C(c1cccc([N+](=O)[O-])c1)N1N=C(c2ccccc2)C[C@@H]1c1ccccc1O. The van der Waals surface area contributed by atoms with E-state index in [2.05, 4.69) is 5.10 Å². The molecule has 0 saturated heterocycles. The van der Waals surface area contributed by atoms with Crippen molar-refractivity contribution >= 4 is 17.3 Å². The Kier molecular flexibility index (Phi) is 4.78. The molecular formula is C22H17N3O4. The number of aromatic hydroxyl groups is 1. The summed E-state index contributed by atoms with van der Waals surface area (Å²) in [7, 11) is 0. The summed E-state index contributed by atoms with van der Waals surface area (Å²) in [6.45, 7) is 0. The number of carbonyl (C=O) groups excluding carboxylic acids is 1. The maximum absolute atomic E-state index is 13.2. The van der Waals surface area contributed by atoms with Gasteiger partial charge in [-0.05, 0) is 17.7 Å². The Hall–Kier alpha value is -4.00. The second-order valence-electron chi connectivity index (χ2n) is 6.65. The van der Waals surface area contributed by atoms with E-state index < -0.39 is 16.9 Å². The summed E-state index contributed by atoms with van der Waals surface area (Å²) in [6.07, 6.45) is 0.419. The number of hydrogen-bond donors (Lipinski definition) is 1. The minimum absolute atomic E-state index is 0.0684. The average Bonchev–Trinajstić information content (AvgIpc) is 3.19. The maximum Gasteiger partial charge on any atom is 0.274 e. The lowest BCUT2D eigenvalue weighted by Gasteiger charge is -2.22. The first kappa shape index (κ1) is 18.4. The molecule has 0 aromatic heterocycles. The molecule has 7 heteroatoms. The van der Waals surface area contributed by atoms with Crippen LogP contribution < -0.4 is 0 Å². The van der Waals surface area contributed by atoms with E-state index in [4.69, 9.17) is 0 Å². The molecule has 0 radical (unpaired) electrons. The fraction of sp³-hybridized carbons (Fsp3) is 0.0909. The van der Waals surface area contributed by atoms with Gasteiger partial charge in [0.15, 0.2) is 0 Å². The Bertz CT molecular complexity index is 1110. The highest BCUT2D eigenvalue weighted by Gasteiger charge is 2.35. The van der Waals surface area contributed by atoms with Crippen molar-refractivity contribution < 1.29 is 14.8 Å². The summed E-state index contributed by atoms with van der Waals surface area (Å²) in [5, 5.41) is 27.3. The molecule has 1 aliphatic heterocycles. The van der Waals surface area contributed by atoms with Crippen molar-refractivity contribution in [2.75, 3.05) is 0 Å². The minimum atomic E-state index is -0.542. The van der Waals surface area contributed by atoms with Crippen molar-refractivity contribution in [3.05, 3.63) is 106 Å². The lowest BCUT2D eigenvalue weighted by atomic mass is 9.97. The summed E-state index contributed by atoms with van der Waals surface area (Å²) < 4.78 is 0. The van der Waals surface area contributed by atoms with Crippen LogP contribution in [-0.2, 0) is 0 Å². The van der Waals surface area contributed by atoms with Gasteiger partial charge in [-0.25, -0.2) is 5.01 Å². The number of phenols is 1. The smallest absolute Gasteiger partial charge is 0.274 e. The number of carbonyl (C=O) groups is 1. The van der Waals surface area contributed by atoms with Crippen LogP contribution >= 0.6 is 0 Å². The first-order valence-corrected chi connectivity index (χ1v) is 9.03. The first-order chi connectivity index (χ1) is 14.0. The van der Waals surface area contributed by atoms with Crippen molar-refractivity contribution in [3.8, 4) is 5.75 Å². The molecule has 1 atom stereocenters. The molecule has 0 bridgehead atoms. The number of non-ortho nitro benzene ring substituents is 1. The third-order valence-electron chi connectivity index (χ3n) is 4.83. The molecule has 7 nitrogen and oxygen atoms in total. The summed E-state index contributed by atoms with van der Waals surface area (Å²) in [5.41, 5.74) is 2.15. The number of rotatable bonds is 4. The summed E-state index contributed by atoms with van der Waals surface area (Å²) >= 11 is 0. The summed E-state index contributed by atoms with van der Waals surface area (Å²) in [4.78, 5) is 23.8. The van der Waals surface area contributed by atoms with Crippen LogP contribution in [-0.4, -0.2) is 26.7 Å². The number of benzene rings is 3. The fourth-order valence-electron chi connectivity index (χ4n) is 3.40. The van der Waals surface area contributed by atoms with Crippen molar-refractivity contribution in [3.63, 3.8) is 0 Å². The lowest BCUT2D eigenvalue weighted by molar-refractivity contribution is -0.384. The molecule has 3 aromatic carbocycles. The van der Waals surface area contributed by atoms with Crippen LogP contribution in [0.5, 0.6) is 5.75 Å². The predicted molar refractivity (Wildman–Crippen MR) is 108 cm³/mol. The van der Waals surface area contributed by atoms with Gasteiger partial charge in [-0.15, -0.1) is 0 Å². The van der Waals surface area contributed by atoms with Crippen LogP contribution in [0.1, 0.15) is 33.9 Å². The second kappa shape index (κ2) is 7.55. The number of nitro benzene ring substituents is 1. The van der Waals surface area contributed by atoms with Gasteiger partial charge < -0.3 is 5.11 Å². The van der Waals surface area contributed by atoms with Crippen LogP contribution in [0.4, 0.5) is 5.69 Å². The van der Waals surface area contributed by atoms with Gasteiger partial charge in [-0.3, -0.25) is 14.9 Å². The van der Waals surface area contributed by atoms with E-state index in [0.717, 1.165) is 5.56 Å². The molecule has 144 valence electrons. The zero-order valence-electron chi connectivity index (χ0n) is 15.3. The van der Waals surface area contributed by atoms with Crippen LogP contribution in [0.2, 0.25) is 0 Å². The maximum atomic E-state index is 13.2. The Morgan fingerprint density at radius 2 is 1.76 bits per heavy atom. The highest BCUT2D eigenvalue weighted by Crippen LogP contribution is 2.37. The molecule has 0 fully saturated rings. The number of hydrazone groups is 1. The van der Waals surface area contributed by atoms with E-state index in [9.17, 15) is 20.0 Å². The third kappa shape index (κ3) is 3.58. The fourth-order valence-corrected chi connectivity index (χ4v) is 3.40.